The molecule has 0 radical (unpaired) electrons. The minimum Gasteiger partial charge on any atom is -0.456 e. The van der Waals surface area contributed by atoms with E-state index in [-0.39, 0.29) is 23.8 Å². The summed E-state index contributed by atoms with van der Waals surface area (Å²) in [7, 11) is -3.02. The minimum absolute atomic E-state index is 0.0159. The molecular weight excluding hydrogens is 366 g/mol. The second kappa shape index (κ2) is 8.35. The SMILES string of the molecule is O=C(COC(=O)C[C@H]1CCS(=O)(=O)C1)Nc1ccc(-c2ccccc2)cc1. The van der Waals surface area contributed by atoms with E-state index < -0.39 is 28.3 Å². The molecule has 1 saturated heterocycles. The van der Waals surface area contributed by atoms with Crippen LogP contribution < -0.4 is 5.32 Å². The number of sulfone groups is 1. The fourth-order valence-electron chi connectivity index (χ4n) is 3.05. The maximum Gasteiger partial charge on any atom is 0.306 e. The van der Waals surface area contributed by atoms with E-state index in [1.165, 1.54) is 0 Å². The number of hydrogen-bond acceptors (Lipinski definition) is 5. The largest absolute Gasteiger partial charge is 0.456 e. The lowest BCUT2D eigenvalue weighted by molar-refractivity contribution is -0.148. The monoisotopic (exact) mass is 387 g/mol. The van der Waals surface area contributed by atoms with Gasteiger partial charge in [-0.05, 0) is 35.6 Å². The predicted octanol–water partition coefficient (Wildman–Crippen LogP) is 2.66. The Morgan fingerprint density at radius 1 is 1.00 bits per heavy atom. The first-order chi connectivity index (χ1) is 12.9. The van der Waals surface area contributed by atoms with Crippen molar-refractivity contribution >= 4 is 27.4 Å². The molecule has 3 rings (SSSR count). The highest BCUT2D eigenvalue weighted by molar-refractivity contribution is 7.91. The van der Waals surface area contributed by atoms with Crippen molar-refractivity contribution in [1.29, 1.82) is 0 Å². The van der Waals surface area contributed by atoms with Gasteiger partial charge in [0.05, 0.1) is 11.5 Å². The lowest BCUT2D eigenvalue weighted by Crippen LogP contribution is -2.22. The van der Waals surface area contributed by atoms with Gasteiger partial charge in [0.15, 0.2) is 16.4 Å². The average Bonchev–Trinajstić information content (AvgIpc) is 3.00. The first-order valence-electron chi connectivity index (χ1n) is 8.73. The number of amides is 1. The molecule has 1 heterocycles. The van der Waals surface area contributed by atoms with Crippen LogP contribution >= 0.6 is 0 Å². The second-order valence-corrected chi connectivity index (χ2v) is 8.85. The van der Waals surface area contributed by atoms with Crippen molar-refractivity contribution in [2.24, 2.45) is 5.92 Å². The summed E-state index contributed by atoms with van der Waals surface area (Å²) < 4.78 is 27.7. The molecule has 6 nitrogen and oxygen atoms in total. The Balaban J connectivity index is 1.44. The Bertz CT molecular complexity index is 907. The van der Waals surface area contributed by atoms with Crippen molar-refractivity contribution in [2.45, 2.75) is 12.8 Å². The van der Waals surface area contributed by atoms with E-state index in [9.17, 15) is 18.0 Å². The van der Waals surface area contributed by atoms with Crippen LogP contribution in [0.25, 0.3) is 11.1 Å². The van der Waals surface area contributed by atoms with Gasteiger partial charge in [-0.15, -0.1) is 0 Å². The highest BCUT2D eigenvalue weighted by Gasteiger charge is 2.29. The van der Waals surface area contributed by atoms with Crippen LogP contribution in [0, 0.1) is 5.92 Å². The van der Waals surface area contributed by atoms with Crippen LogP contribution in [0.2, 0.25) is 0 Å². The maximum atomic E-state index is 11.9. The fraction of sp³-hybridized carbons (Fsp3) is 0.300. The number of carbonyl (C=O) groups is 2. The van der Waals surface area contributed by atoms with Crippen molar-refractivity contribution in [2.75, 3.05) is 23.4 Å². The number of esters is 1. The average molecular weight is 387 g/mol. The summed E-state index contributed by atoms with van der Waals surface area (Å²) in [6, 6.07) is 17.2. The van der Waals surface area contributed by atoms with Gasteiger partial charge in [-0.2, -0.15) is 0 Å². The van der Waals surface area contributed by atoms with E-state index >= 15 is 0 Å². The Hall–Kier alpha value is -2.67. The summed E-state index contributed by atoms with van der Waals surface area (Å²) in [5, 5.41) is 2.67. The van der Waals surface area contributed by atoms with Crippen molar-refractivity contribution in [3.05, 3.63) is 54.6 Å². The quantitative estimate of drug-likeness (QED) is 0.770. The van der Waals surface area contributed by atoms with Gasteiger partial charge in [0, 0.05) is 12.1 Å². The molecule has 0 spiro atoms. The van der Waals surface area contributed by atoms with E-state index in [4.69, 9.17) is 4.74 Å². The van der Waals surface area contributed by atoms with E-state index in [0.717, 1.165) is 11.1 Å². The zero-order valence-electron chi connectivity index (χ0n) is 14.8. The van der Waals surface area contributed by atoms with Gasteiger partial charge >= 0.3 is 5.97 Å². The number of benzene rings is 2. The van der Waals surface area contributed by atoms with Crippen molar-refractivity contribution in [1.82, 2.24) is 0 Å². The van der Waals surface area contributed by atoms with Crippen LogP contribution in [0.4, 0.5) is 5.69 Å². The Labute approximate surface area is 158 Å². The van der Waals surface area contributed by atoms with Crippen LogP contribution in [-0.4, -0.2) is 38.4 Å². The third-order valence-electron chi connectivity index (χ3n) is 4.42. The first-order valence-corrected chi connectivity index (χ1v) is 10.5. The van der Waals surface area contributed by atoms with Gasteiger partial charge in [0.1, 0.15) is 0 Å². The van der Waals surface area contributed by atoms with E-state index in [0.29, 0.717) is 12.1 Å². The van der Waals surface area contributed by atoms with Gasteiger partial charge in [-0.25, -0.2) is 8.42 Å². The lowest BCUT2D eigenvalue weighted by Gasteiger charge is -2.09. The summed E-state index contributed by atoms with van der Waals surface area (Å²) in [5.41, 5.74) is 2.72. The fourth-order valence-corrected chi connectivity index (χ4v) is 4.91. The Morgan fingerprint density at radius 3 is 2.30 bits per heavy atom. The molecule has 142 valence electrons. The smallest absolute Gasteiger partial charge is 0.306 e. The van der Waals surface area contributed by atoms with E-state index in [1.807, 2.05) is 42.5 Å². The van der Waals surface area contributed by atoms with Crippen LogP contribution in [0.3, 0.4) is 0 Å². The van der Waals surface area contributed by atoms with E-state index in [1.54, 1.807) is 12.1 Å². The highest BCUT2D eigenvalue weighted by Crippen LogP contribution is 2.22. The topological polar surface area (TPSA) is 89.5 Å². The number of rotatable bonds is 6. The molecule has 1 aliphatic rings. The zero-order chi connectivity index (χ0) is 19.3. The number of anilines is 1. The number of nitrogens with one attached hydrogen (secondary N) is 1. The second-order valence-electron chi connectivity index (χ2n) is 6.63. The van der Waals surface area contributed by atoms with Gasteiger partial charge in [0.2, 0.25) is 0 Å². The molecule has 7 heteroatoms. The summed E-state index contributed by atoms with van der Waals surface area (Å²) in [4.78, 5) is 23.7. The number of hydrogen-bond donors (Lipinski definition) is 1. The summed E-state index contributed by atoms with van der Waals surface area (Å²) >= 11 is 0. The zero-order valence-corrected chi connectivity index (χ0v) is 15.6. The van der Waals surface area contributed by atoms with Gasteiger partial charge in [-0.3, -0.25) is 9.59 Å². The molecule has 2 aromatic carbocycles. The van der Waals surface area contributed by atoms with Crippen LogP contribution in [-0.2, 0) is 24.2 Å². The molecule has 1 N–H and O–H groups in total. The molecule has 1 aliphatic heterocycles. The molecule has 1 atom stereocenters. The lowest BCUT2D eigenvalue weighted by atomic mass is 10.1. The molecular formula is C20H21NO5S. The summed E-state index contributed by atoms with van der Waals surface area (Å²) in [6.45, 7) is -0.390. The van der Waals surface area contributed by atoms with Gasteiger partial charge in [-0.1, -0.05) is 42.5 Å². The molecule has 1 fully saturated rings. The van der Waals surface area contributed by atoms with Gasteiger partial charge in [0.25, 0.3) is 5.91 Å². The summed E-state index contributed by atoms with van der Waals surface area (Å²) in [5.74, 6) is -1.07. The van der Waals surface area contributed by atoms with Crippen molar-refractivity contribution in [3.8, 4) is 11.1 Å². The molecule has 0 aromatic heterocycles. The predicted molar refractivity (Wildman–Crippen MR) is 103 cm³/mol. The first kappa shape index (κ1) is 19.1. The number of carbonyl (C=O) groups excluding carboxylic acids is 2. The molecule has 0 aliphatic carbocycles. The normalized spacial score (nSPS) is 18.0. The Kier molecular flexibility index (Phi) is 5.91. The molecule has 0 unspecified atom stereocenters. The Morgan fingerprint density at radius 2 is 1.67 bits per heavy atom. The van der Waals surface area contributed by atoms with Crippen molar-refractivity contribution < 1.29 is 22.7 Å². The van der Waals surface area contributed by atoms with E-state index in [2.05, 4.69) is 5.32 Å². The van der Waals surface area contributed by atoms with Crippen LogP contribution in [0.5, 0.6) is 0 Å². The maximum absolute atomic E-state index is 11.9. The third-order valence-corrected chi connectivity index (χ3v) is 6.26. The van der Waals surface area contributed by atoms with Gasteiger partial charge < -0.3 is 10.1 Å². The van der Waals surface area contributed by atoms with Crippen molar-refractivity contribution in [3.63, 3.8) is 0 Å². The van der Waals surface area contributed by atoms with Crippen LogP contribution in [0.1, 0.15) is 12.8 Å². The summed E-state index contributed by atoms with van der Waals surface area (Å²) in [6.07, 6.45) is 0.496. The third kappa shape index (κ3) is 5.65. The number of ether oxygens (including phenoxy) is 1. The molecule has 1 amide bonds. The standard InChI is InChI=1S/C20H21NO5S/c22-19(13-26-20(23)12-15-10-11-27(24,25)14-15)21-18-8-6-17(7-9-18)16-4-2-1-3-5-16/h1-9,15H,10-14H2,(H,21,22)/t15-/m1/s1. The molecule has 2 aromatic rings. The highest BCUT2D eigenvalue weighted by atomic mass is 32.2. The molecule has 0 bridgehead atoms. The minimum atomic E-state index is -3.02. The van der Waals surface area contributed by atoms with Crippen LogP contribution in [0.15, 0.2) is 54.6 Å². The molecule has 27 heavy (non-hydrogen) atoms. The molecule has 0 saturated carbocycles.